The second-order valence-corrected chi connectivity index (χ2v) is 4.37. The molecule has 3 N–H and O–H groups in total. The summed E-state index contributed by atoms with van der Waals surface area (Å²) in [6, 6.07) is 0. The van der Waals surface area contributed by atoms with Gasteiger partial charge < -0.3 is 20.1 Å². The van der Waals surface area contributed by atoms with Crippen molar-refractivity contribution in [3.05, 3.63) is 11.6 Å². The Kier molecular flexibility index (Phi) is 7.06. The smallest absolute Gasteiger partial charge is 0.273 e. The van der Waals surface area contributed by atoms with Gasteiger partial charge in [-0.1, -0.05) is 11.3 Å². The molecule has 1 heterocycles. The Morgan fingerprint density at radius 2 is 2.06 bits per heavy atom. The molecule has 0 spiro atoms. The van der Waals surface area contributed by atoms with E-state index in [1.807, 2.05) is 0 Å². The highest BCUT2D eigenvalue weighted by Crippen LogP contribution is 2.13. The molecule has 0 aliphatic heterocycles. The Labute approximate surface area is 104 Å². The molecule has 98 valence electrons. The Morgan fingerprint density at radius 3 is 2.59 bits per heavy atom. The van der Waals surface area contributed by atoms with Crippen LogP contribution in [0.15, 0.2) is 11.6 Å². The lowest BCUT2D eigenvalue weighted by Crippen LogP contribution is -2.38. The quantitative estimate of drug-likeness (QED) is 0.538. The Morgan fingerprint density at radius 1 is 1.35 bits per heavy atom. The summed E-state index contributed by atoms with van der Waals surface area (Å²) < 4.78 is 5.27. The average molecular weight is 262 g/mol. The molecule has 1 unspecified atom stereocenters. The lowest BCUT2D eigenvalue weighted by Gasteiger charge is -2.23. The summed E-state index contributed by atoms with van der Waals surface area (Å²) in [6.07, 6.45) is 0.966. The molecule has 0 aliphatic carbocycles. The largest absolute Gasteiger partial charge is 0.467 e. The first-order chi connectivity index (χ1) is 8.26. The van der Waals surface area contributed by atoms with Crippen LogP contribution in [-0.2, 0) is 0 Å². The fourth-order valence-corrected chi connectivity index (χ4v) is 1.87. The number of rotatable bonds is 9. The molecule has 0 aromatic carbocycles. The number of aromatic nitrogens is 1. The van der Waals surface area contributed by atoms with Gasteiger partial charge in [0.25, 0.3) is 5.19 Å². The Hall–Kier alpha value is -0.730. The molecule has 1 aromatic rings. The molecule has 0 saturated heterocycles. The molecule has 0 bridgehead atoms. The van der Waals surface area contributed by atoms with E-state index in [1.165, 1.54) is 11.3 Å². The summed E-state index contributed by atoms with van der Waals surface area (Å²) in [5, 5.41) is 29.7. The maximum atomic E-state index is 9.72. The van der Waals surface area contributed by atoms with Gasteiger partial charge in [0.2, 0.25) is 0 Å². The minimum absolute atomic E-state index is 0.0000569. The molecule has 1 atom stereocenters. The van der Waals surface area contributed by atoms with Crippen molar-refractivity contribution < 1.29 is 20.1 Å². The van der Waals surface area contributed by atoms with Gasteiger partial charge in [-0.05, 0) is 0 Å². The van der Waals surface area contributed by atoms with Gasteiger partial charge in [0, 0.05) is 31.2 Å². The van der Waals surface area contributed by atoms with Crippen LogP contribution in [0.4, 0.5) is 0 Å². The number of aliphatic hydroxyl groups is 3. The van der Waals surface area contributed by atoms with E-state index in [-0.39, 0.29) is 19.8 Å². The Balaban J connectivity index is 2.23. The molecule has 0 amide bonds. The summed E-state index contributed by atoms with van der Waals surface area (Å²) in [5.74, 6) is 0. The highest BCUT2D eigenvalue weighted by molar-refractivity contribution is 7.11. The second kappa shape index (κ2) is 8.37. The zero-order chi connectivity index (χ0) is 12.5. The summed E-state index contributed by atoms with van der Waals surface area (Å²) in [5.41, 5.74) is 0. The van der Waals surface area contributed by atoms with Gasteiger partial charge >= 0.3 is 0 Å². The van der Waals surface area contributed by atoms with E-state index in [4.69, 9.17) is 14.9 Å². The van der Waals surface area contributed by atoms with Crippen LogP contribution in [0, 0.1) is 0 Å². The van der Waals surface area contributed by atoms with Gasteiger partial charge in [0.1, 0.15) is 12.7 Å². The molecule has 0 fully saturated rings. The third-order valence-electron chi connectivity index (χ3n) is 2.11. The van der Waals surface area contributed by atoms with E-state index in [0.29, 0.717) is 24.8 Å². The number of hydrogen-bond donors (Lipinski definition) is 3. The number of thiazole rings is 1. The molecule has 6 nitrogen and oxygen atoms in total. The van der Waals surface area contributed by atoms with Crippen molar-refractivity contribution in [2.24, 2.45) is 0 Å². The number of nitrogens with zero attached hydrogens (tertiary/aromatic N) is 2. The standard InChI is InChI=1S/C10H18N2O4S/c13-4-2-12(3-5-14)7-9(15)8-16-10-11-1-6-17-10/h1,6,9,13-15H,2-5,7-8H2. The van der Waals surface area contributed by atoms with Crippen LogP contribution in [-0.4, -0.2) is 70.8 Å². The number of hydrogen-bond acceptors (Lipinski definition) is 7. The van der Waals surface area contributed by atoms with E-state index in [9.17, 15) is 5.11 Å². The molecule has 0 aliphatic rings. The zero-order valence-corrected chi connectivity index (χ0v) is 10.3. The van der Waals surface area contributed by atoms with Crippen LogP contribution >= 0.6 is 11.3 Å². The lowest BCUT2D eigenvalue weighted by atomic mass is 10.3. The monoisotopic (exact) mass is 262 g/mol. The zero-order valence-electron chi connectivity index (χ0n) is 9.53. The first-order valence-electron chi connectivity index (χ1n) is 5.40. The summed E-state index contributed by atoms with van der Waals surface area (Å²) in [7, 11) is 0. The average Bonchev–Trinajstić information content (AvgIpc) is 2.80. The van der Waals surface area contributed by atoms with Gasteiger partial charge in [0.05, 0.1) is 13.2 Å². The van der Waals surface area contributed by atoms with E-state index < -0.39 is 6.10 Å². The van der Waals surface area contributed by atoms with Crippen molar-refractivity contribution >= 4 is 11.3 Å². The van der Waals surface area contributed by atoms with Crippen molar-refractivity contribution in [2.75, 3.05) is 39.5 Å². The number of ether oxygens (including phenoxy) is 1. The highest BCUT2D eigenvalue weighted by atomic mass is 32.1. The van der Waals surface area contributed by atoms with Gasteiger partial charge in [-0.15, -0.1) is 0 Å². The van der Waals surface area contributed by atoms with Crippen LogP contribution < -0.4 is 4.74 Å². The van der Waals surface area contributed by atoms with Gasteiger partial charge in [-0.25, -0.2) is 4.98 Å². The molecular weight excluding hydrogens is 244 g/mol. The van der Waals surface area contributed by atoms with E-state index in [2.05, 4.69) is 4.98 Å². The summed E-state index contributed by atoms with van der Waals surface area (Å²) >= 11 is 1.37. The fourth-order valence-electron chi connectivity index (χ4n) is 1.38. The highest BCUT2D eigenvalue weighted by Gasteiger charge is 2.12. The van der Waals surface area contributed by atoms with Crippen LogP contribution in [0.2, 0.25) is 0 Å². The predicted octanol–water partition coefficient (Wildman–Crippen LogP) is -0.831. The molecule has 1 rings (SSSR count). The predicted molar refractivity (Wildman–Crippen MR) is 64.2 cm³/mol. The third-order valence-corrected chi connectivity index (χ3v) is 2.79. The third kappa shape index (κ3) is 5.94. The van der Waals surface area contributed by atoms with Crippen molar-refractivity contribution in [1.82, 2.24) is 9.88 Å². The molecule has 0 saturated carbocycles. The maximum absolute atomic E-state index is 9.72. The molecule has 17 heavy (non-hydrogen) atoms. The van der Waals surface area contributed by atoms with Gasteiger partial charge in [0.15, 0.2) is 0 Å². The summed E-state index contributed by atoms with van der Waals surface area (Å²) in [4.78, 5) is 5.71. The number of aliphatic hydroxyl groups excluding tert-OH is 3. The van der Waals surface area contributed by atoms with Crippen LogP contribution in [0.25, 0.3) is 0 Å². The van der Waals surface area contributed by atoms with Crippen LogP contribution in [0.1, 0.15) is 0 Å². The molecule has 1 aromatic heterocycles. The topological polar surface area (TPSA) is 86.1 Å². The lowest BCUT2D eigenvalue weighted by molar-refractivity contribution is 0.0551. The van der Waals surface area contributed by atoms with Crippen molar-refractivity contribution in [1.29, 1.82) is 0 Å². The normalized spacial score (nSPS) is 12.9. The Bertz CT molecular complexity index is 278. The summed E-state index contributed by atoms with van der Waals surface area (Å²) in [6.45, 7) is 1.36. The minimum Gasteiger partial charge on any atom is -0.467 e. The second-order valence-electron chi connectivity index (χ2n) is 3.51. The van der Waals surface area contributed by atoms with Crippen molar-refractivity contribution in [2.45, 2.75) is 6.10 Å². The molecule has 7 heteroatoms. The van der Waals surface area contributed by atoms with E-state index in [1.54, 1.807) is 16.5 Å². The first kappa shape index (κ1) is 14.3. The van der Waals surface area contributed by atoms with Gasteiger partial charge in [-0.2, -0.15) is 0 Å². The van der Waals surface area contributed by atoms with Crippen LogP contribution in [0.3, 0.4) is 0 Å². The van der Waals surface area contributed by atoms with Gasteiger partial charge in [-0.3, -0.25) is 4.90 Å². The van der Waals surface area contributed by atoms with Crippen molar-refractivity contribution in [3.8, 4) is 5.19 Å². The maximum Gasteiger partial charge on any atom is 0.273 e. The van der Waals surface area contributed by atoms with E-state index >= 15 is 0 Å². The van der Waals surface area contributed by atoms with Crippen molar-refractivity contribution in [3.63, 3.8) is 0 Å². The SMILES string of the molecule is OCCN(CCO)CC(O)COc1nccs1. The first-order valence-corrected chi connectivity index (χ1v) is 6.28. The minimum atomic E-state index is -0.669. The fraction of sp³-hybridized carbons (Fsp3) is 0.700. The van der Waals surface area contributed by atoms with Crippen LogP contribution in [0.5, 0.6) is 5.19 Å². The molecule has 0 radical (unpaired) electrons. The molecular formula is C10H18N2O4S. The van der Waals surface area contributed by atoms with E-state index in [0.717, 1.165) is 0 Å².